The SMILES string of the molecule is Cc1c(CCO)c(CO)cc2c1C(=O)[C@@](C)(O)[C@@H]2O. The van der Waals surface area contributed by atoms with Crippen molar-refractivity contribution >= 4 is 5.78 Å². The largest absolute Gasteiger partial charge is 0.396 e. The first kappa shape index (κ1) is 14.1. The first-order chi connectivity index (χ1) is 8.86. The Bertz CT molecular complexity index is 533. The molecule has 0 fully saturated rings. The number of aliphatic hydroxyl groups excluding tert-OH is 3. The standard InChI is InChI=1S/C14H18O5/c1-7-9(3-4-15)8(6-16)5-10-11(7)13(18)14(2,19)12(10)17/h5,12,15-17,19H,3-4,6H2,1-2H3/t12-,14+/m1/s1. The lowest BCUT2D eigenvalue weighted by Gasteiger charge is -2.19. The molecule has 0 heterocycles. The minimum atomic E-state index is -1.84. The second-order valence-electron chi connectivity index (χ2n) is 5.11. The molecule has 0 amide bonds. The molecule has 5 heteroatoms. The van der Waals surface area contributed by atoms with Gasteiger partial charge in [-0.2, -0.15) is 0 Å². The van der Waals surface area contributed by atoms with Crippen molar-refractivity contribution in [2.45, 2.75) is 38.6 Å². The van der Waals surface area contributed by atoms with Gasteiger partial charge in [-0.15, -0.1) is 0 Å². The number of aliphatic hydroxyl groups is 4. The molecule has 4 N–H and O–H groups in total. The third-order valence-electron chi connectivity index (χ3n) is 3.88. The molecule has 2 atom stereocenters. The van der Waals surface area contributed by atoms with Gasteiger partial charge in [0.05, 0.1) is 6.61 Å². The van der Waals surface area contributed by atoms with Crippen LogP contribution >= 0.6 is 0 Å². The van der Waals surface area contributed by atoms with Gasteiger partial charge < -0.3 is 20.4 Å². The van der Waals surface area contributed by atoms with E-state index in [-0.39, 0.29) is 13.2 Å². The summed E-state index contributed by atoms with van der Waals surface area (Å²) >= 11 is 0. The molecule has 0 saturated carbocycles. The van der Waals surface area contributed by atoms with E-state index in [0.29, 0.717) is 34.2 Å². The Morgan fingerprint density at radius 2 is 2.00 bits per heavy atom. The zero-order valence-corrected chi connectivity index (χ0v) is 11.0. The van der Waals surface area contributed by atoms with E-state index in [0.717, 1.165) is 0 Å². The van der Waals surface area contributed by atoms with Gasteiger partial charge in [0, 0.05) is 12.2 Å². The van der Waals surface area contributed by atoms with Crippen LogP contribution in [0.15, 0.2) is 6.07 Å². The van der Waals surface area contributed by atoms with Crippen molar-refractivity contribution in [1.82, 2.24) is 0 Å². The average molecular weight is 266 g/mol. The lowest BCUT2D eigenvalue weighted by molar-refractivity contribution is -0.0321. The van der Waals surface area contributed by atoms with Crippen LogP contribution < -0.4 is 0 Å². The minimum absolute atomic E-state index is 0.0975. The van der Waals surface area contributed by atoms with E-state index in [1.54, 1.807) is 6.92 Å². The Morgan fingerprint density at radius 1 is 1.37 bits per heavy atom. The van der Waals surface area contributed by atoms with Gasteiger partial charge in [0.2, 0.25) is 0 Å². The van der Waals surface area contributed by atoms with Gasteiger partial charge in [0.1, 0.15) is 6.10 Å². The van der Waals surface area contributed by atoms with Crippen molar-refractivity contribution < 1.29 is 25.2 Å². The summed E-state index contributed by atoms with van der Waals surface area (Å²) in [5, 5.41) is 38.5. The number of benzene rings is 1. The molecule has 0 spiro atoms. The molecule has 0 saturated heterocycles. The summed E-state index contributed by atoms with van der Waals surface area (Å²) in [4.78, 5) is 12.2. The molecule has 0 unspecified atom stereocenters. The summed E-state index contributed by atoms with van der Waals surface area (Å²) in [6.07, 6.45) is -0.970. The molecule has 0 aliphatic heterocycles. The van der Waals surface area contributed by atoms with Crippen LogP contribution in [0.1, 0.15) is 45.6 Å². The summed E-state index contributed by atoms with van der Waals surface area (Å²) in [5.74, 6) is -0.517. The first-order valence-electron chi connectivity index (χ1n) is 6.18. The van der Waals surface area contributed by atoms with E-state index in [4.69, 9.17) is 5.11 Å². The van der Waals surface area contributed by atoms with Crippen LogP contribution in [0.2, 0.25) is 0 Å². The van der Waals surface area contributed by atoms with Crippen LogP contribution in [0.25, 0.3) is 0 Å². The molecule has 1 aromatic rings. The topological polar surface area (TPSA) is 98.0 Å². The molecule has 0 bridgehead atoms. The fourth-order valence-electron chi connectivity index (χ4n) is 2.75. The predicted octanol–water partition coefficient (Wildman–Crippen LogP) is 0.00282. The molecule has 0 radical (unpaired) electrons. The van der Waals surface area contributed by atoms with Gasteiger partial charge in [-0.3, -0.25) is 4.79 Å². The Kier molecular flexibility index (Phi) is 3.49. The molecule has 0 aromatic heterocycles. The number of ketones is 1. The molecule has 2 rings (SSSR count). The van der Waals surface area contributed by atoms with Gasteiger partial charge in [-0.05, 0) is 48.6 Å². The molecule has 1 aromatic carbocycles. The summed E-state index contributed by atoms with van der Waals surface area (Å²) in [6.45, 7) is 2.64. The molecular formula is C14H18O5. The second-order valence-corrected chi connectivity index (χ2v) is 5.11. The van der Waals surface area contributed by atoms with Crippen LogP contribution in [-0.2, 0) is 13.0 Å². The summed E-state index contributed by atoms with van der Waals surface area (Å²) < 4.78 is 0. The quantitative estimate of drug-likeness (QED) is 0.617. The molecular weight excluding hydrogens is 248 g/mol. The second kappa shape index (κ2) is 4.68. The van der Waals surface area contributed by atoms with Crippen molar-refractivity contribution in [1.29, 1.82) is 0 Å². The first-order valence-corrected chi connectivity index (χ1v) is 6.18. The molecule has 5 nitrogen and oxygen atoms in total. The highest BCUT2D eigenvalue weighted by molar-refractivity contribution is 6.08. The Morgan fingerprint density at radius 3 is 2.53 bits per heavy atom. The van der Waals surface area contributed by atoms with Crippen LogP contribution in [0.5, 0.6) is 0 Å². The normalized spacial score (nSPS) is 25.8. The predicted molar refractivity (Wildman–Crippen MR) is 67.8 cm³/mol. The number of carbonyl (C=O) groups is 1. The summed E-state index contributed by atoms with van der Waals surface area (Å²) in [5.41, 5.74) is 0.683. The molecule has 1 aliphatic rings. The third-order valence-corrected chi connectivity index (χ3v) is 3.88. The van der Waals surface area contributed by atoms with Gasteiger partial charge in [0.15, 0.2) is 11.4 Å². The van der Waals surface area contributed by atoms with Crippen molar-refractivity contribution in [3.8, 4) is 0 Å². The van der Waals surface area contributed by atoms with E-state index < -0.39 is 17.5 Å². The zero-order valence-electron chi connectivity index (χ0n) is 11.0. The van der Waals surface area contributed by atoms with Crippen LogP contribution in [0, 0.1) is 6.92 Å². The number of hydrogen-bond acceptors (Lipinski definition) is 5. The molecule has 1 aliphatic carbocycles. The number of hydrogen-bond donors (Lipinski definition) is 4. The third kappa shape index (κ3) is 1.90. The van der Waals surface area contributed by atoms with Crippen LogP contribution in [0.3, 0.4) is 0 Å². The highest BCUT2D eigenvalue weighted by Gasteiger charge is 2.49. The van der Waals surface area contributed by atoms with E-state index in [2.05, 4.69) is 0 Å². The van der Waals surface area contributed by atoms with E-state index in [9.17, 15) is 20.1 Å². The van der Waals surface area contributed by atoms with Crippen LogP contribution in [-0.4, -0.2) is 38.4 Å². The number of rotatable bonds is 3. The average Bonchev–Trinajstić information content (AvgIpc) is 2.54. The van der Waals surface area contributed by atoms with Crippen LogP contribution in [0.4, 0.5) is 0 Å². The molecule has 19 heavy (non-hydrogen) atoms. The van der Waals surface area contributed by atoms with Gasteiger partial charge in [-0.1, -0.05) is 0 Å². The van der Waals surface area contributed by atoms with Crippen molar-refractivity contribution in [2.75, 3.05) is 6.61 Å². The zero-order chi connectivity index (χ0) is 14.4. The number of Topliss-reactive ketones (excluding diaryl/α,β-unsaturated/α-hetero) is 1. The van der Waals surface area contributed by atoms with Crippen molar-refractivity contribution in [2.24, 2.45) is 0 Å². The lowest BCUT2D eigenvalue weighted by atomic mass is 9.91. The van der Waals surface area contributed by atoms with Gasteiger partial charge in [-0.25, -0.2) is 0 Å². The monoisotopic (exact) mass is 266 g/mol. The maximum Gasteiger partial charge on any atom is 0.197 e. The Labute approximate surface area is 111 Å². The highest BCUT2D eigenvalue weighted by atomic mass is 16.4. The fraction of sp³-hybridized carbons (Fsp3) is 0.500. The van der Waals surface area contributed by atoms with E-state index in [1.165, 1.54) is 13.0 Å². The summed E-state index contributed by atoms with van der Waals surface area (Å²) in [7, 11) is 0. The minimum Gasteiger partial charge on any atom is -0.396 e. The number of carbonyl (C=O) groups excluding carboxylic acids is 1. The lowest BCUT2D eigenvalue weighted by Crippen LogP contribution is -2.35. The van der Waals surface area contributed by atoms with Gasteiger partial charge in [0.25, 0.3) is 0 Å². The number of fused-ring (bicyclic) bond motifs is 1. The Balaban J connectivity index is 2.70. The Hall–Kier alpha value is -1.27. The fourth-order valence-corrected chi connectivity index (χ4v) is 2.75. The highest BCUT2D eigenvalue weighted by Crippen LogP contribution is 2.42. The maximum absolute atomic E-state index is 12.2. The smallest absolute Gasteiger partial charge is 0.197 e. The molecule has 104 valence electrons. The van der Waals surface area contributed by atoms with E-state index in [1.807, 2.05) is 0 Å². The van der Waals surface area contributed by atoms with Crippen molar-refractivity contribution in [3.63, 3.8) is 0 Å². The van der Waals surface area contributed by atoms with Crippen molar-refractivity contribution in [3.05, 3.63) is 33.9 Å². The van der Waals surface area contributed by atoms with E-state index >= 15 is 0 Å². The maximum atomic E-state index is 12.2. The van der Waals surface area contributed by atoms with Gasteiger partial charge >= 0.3 is 0 Å². The summed E-state index contributed by atoms with van der Waals surface area (Å²) in [6, 6.07) is 1.54.